The van der Waals surface area contributed by atoms with E-state index in [9.17, 15) is 24.0 Å². The molecule has 14 heteroatoms. The van der Waals surface area contributed by atoms with Gasteiger partial charge >= 0.3 is 11.9 Å². The highest BCUT2D eigenvalue weighted by molar-refractivity contribution is 7.80. The topological polar surface area (TPSA) is 234 Å². The van der Waals surface area contributed by atoms with E-state index in [0.717, 1.165) is 0 Å². The van der Waals surface area contributed by atoms with Crippen LogP contribution in [0.3, 0.4) is 0 Å². The molecule has 30 heavy (non-hydrogen) atoms. The maximum Gasteiger partial charge on any atom is 0.326 e. The van der Waals surface area contributed by atoms with Gasteiger partial charge in [0.1, 0.15) is 24.2 Å². The lowest BCUT2D eigenvalue weighted by Crippen LogP contribution is -2.58. The fraction of sp³-hybridized carbons (Fsp3) is 0.688. The van der Waals surface area contributed by atoms with Gasteiger partial charge in [-0.05, 0) is 25.8 Å². The number of aliphatic hydroxyl groups is 1. The van der Waals surface area contributed by atoms with Crippen LogP contribution in [0.2, 0.25) is 0 Å². The lowest BCUT2D eigenvalue weighted by molar-refractivity contribution is -0.147. The van der Waals surface area contributed by atoms with Crippen molar-refractivity contribution < 1.29 is 39.3 Å². The summed E-state index contributed by atoms with van der Waals surface area (Å²) in [5.41, 5.74) is 10.8. The molecule has 0 aromatic heterocycles. The summed E-state index contributed by atoms with van der Waals surface area (Å²) in [4.78, 5) is 58.7. The summed E-state index contributed by atoms with van der Waals surface area (Å²) < 4.78 is 0. The van der Waals surface area contributed by atoms with E-state index in [1.54, 1.807) is 0 Å². The average molecular weight is 452 g/mol. The molecular formula is C16H29N5O8S. The third-order valence-electron chi connectivity index (χ3n) is 3.92. The van der Waals surface area contributed by atoms with Gasteiger partial charge in [0, 0.05) is 5.75 Å². The first-order valence-electron chi connectivity index (χ1n) is 9.10. The maximum absolute atomic E-state index is 12.5. The van der Waals surface area contributed by atoms with Gasteiger partial charge in [-0.15, -0.1) is 0 Å². The Morgan fingerprint density at radius 3 is 1.87 bits per heavy atom. The largest absolute Gasteiger partial charge is 0.481 e. The number of carboxylic acid groups (broad SMARTS) is 2. The second-order valence-electron chi connectivity index (χ2n) is 6.38. The molecule has 0 rings (SSSR count). The number of nitrogens with one attached hydrogen (secondary N) is 3. The van der Waals surface area contributed by atoms with E-state index in [0.29, 0.717) is 19.4 Å². The van der Waals surface area contributed by atoms with Gasteiger partial charge in [-0.25, -0.2) is 4.79 Å². The van der Waals surface area contributed by atoms with Crippen molar-refractivity contribution in [1.82, 2.24) is 16.0 Å². The zero-order valence-electron chi connectivity index (χ0n) is 16.2. The number of unbranched alkanes of at least 4 members (excludes halogenated alkanes) is 1. The summed E-state index contributed by atoms with van der Waals surface area (Å²) in [5.74, 6) is -5.61. The van der Waals surface area contributed by atoms with E-state index in [1.165, 1.54) is 0 Å². The number of carbonyl (C=O) groups excluding carboxylic acids is 3. The Bertz CT molecular complexity index is 620. The van der Waals surface area contributed by atoms with Crippen LogP contribution < -0.4 is 27.4 Å². The van der Waals surface area contributed by atoms with Crippen LogP contribution in [0, 0.1) is 0 Å². The van der Waals surface area contributed by atoms with E-state index in [2.05, 4.69) is 28.6 Å². The summed E-state index contributed by atoms with van der Waals surface area (Å²) in [6, 6.07) is -5.33. The Labute approximate surface area is 178 Å². The minimum Gasteiger partial charge on any atom is -0.481 e. The lowest BCUT2D eigenvalue weighted by Gasteiger charge is -2.24. The molecule has 13 nitrogen and oxygen atoms in total. The molecule has 0 radical (unpaired) electrons. The molecule has 0 bridgehead atoms. The van der Waals surface area contributed by atoms with Gasteiger partial charge in [0.05, 0.1) is 13.0 Å². The summed E-state index contributed by atoms with van der Waals surface area (Å²) >= 11 is 3.97. The molecule has 0 fully saturated rings. The molecule has 10 N–H and O–H groups in total. The Balaban J connectivity index is 5.26. The van der Waals surface area contributed by atoms with Crippen LogP contribution in [0.15, 0.2) is 0 Å². The van der Waals surface area contributed by atoms with Crippen molar-refractivity contribution in [2.24, 2.45) is 11.5 Å². The first-order chi connectivity index (χ1) is 14.1. The van der Waals surface area contributed by atoms with Crippen LogP contribution in [0.4, 0.5) is 0 Å². The molecule has 0 saturated heterocycles. The first-order valence-corrected chi connectivity index (χ1v) is 9.73. The van der Waals surface area contributed by atoms with Crippen LogP contribution in [-0.2, 0) is 24.0 Å². The van der Waals surface area contributed by atoms with Gasteiger partial charge in [-0.2, -0.15) is 12.6 Å². The van der Waals surface area contributed by atoms with E-state index >= 15 is 0 Å². The van der Waals surface area contributed by atoms with E-state index in [1.807, 2.05) is 0 Å². The van der Waals surface area contributed by atoms with E-state index in [4.69, 9.17) is 26.8 Å². The van der Waals surface area contributed by atoms with Crippen molar-refractivity contribution in [2.75, 3.05) is 18.9 Å². The number of carboxylic acids is 2. The number of rotatable bonds is 15. The summed E-state index contributed by atoms with van der Waals surface area (Å²) in [6.45, 7) is -0.315. The number of aliphatic hydroxyl groups excluding tert-OH is 1. The van der Waals surface area contributed by atoms with Crippen LogP contribution in [0.1, 0.15) is 25.7 Å². The number of carbonyl (C=O) groups is 5. The number of nitrogens with two attached hydrogens (primary N) is 2. The van der Waals surface area contributed by atoms with Crippen molar-refractivity contribution in [3.05, 3.63) is 0 Å². The Hall–Kier alpha value is -2.42. The summed E-state index contributed by atoms with van der Waals surface area (Å²) in [7, 11) is 0. The molecule has 0 aliphatic rings. The van der Waals surface area contributed by atoms with Gasteiger partial charge in [-0.3, -0.25) is 19.2 Å². The molecule has 0 aliphatic carbocycles. The lowest BCUT2D eigenvalue weighted by atomic mass is 10.1. The highest BCUT2D eigenvalue weighted by atomic mass is 32.1. The van der Waals surface area contributed by atoms with E-state index in [-0.39, 0.29) is 12.2 Å². The fourth-order valence-electron chi connectivity index (χ4n) is 2.24. The zero-order valence-corrected chi connectivity index (χ0v) is 17.1. The van der Waals surface area contributed by atoms with Crippen LogP contribution in [0.5, 0.6) is 0 Å². The molecule has 0 aliphatic heterocycles. The van der Waals surface area contributed by atoms with Gasteiger partial charge in [0.2, 0.25) is 17.7 Å². The molecule has 0 saturated carbocycles. The molecule has 172 valence electrons. The summed E-state index contributed by atoms with van der Waals surface area (Å²) in [6.07, 6.45) is 0.185. The van der Waals surface area contributed by atoms with Gasteiger partial charge in [0.15, 0.2) is 0 Å². The summed E-state index contributed by atoms with van der Waals surface area (Å²) in [5, 5.41) is 33.5. The van der Waals surface area contributed by atoms with Crippen LogP contribution >= 0.6 is 12.6 Å². The fourth-order valence-corrected chi connectivity index (χ4v) is 2.49. The number of thiol groups is 1. The molecule has 4 atom stereocenters. The van der Waals surface area contributed by atoms with Gasteiger partial charge in [0.25, 0.3) is 0 Å². The molecule has 3 amide bonds. The highest BCUT2D eigenvalue weighted by Gasteiger charge is 2.30. The molecule has 0 aromatic rings. The molecule has 0 heterocycles. The van der Waals surface area contributed by atoms with Crippen molar-refractivity contribution in [3.8, 4) is 0 Å². The Morgan fingerprint density at radius 2 is 1.40 bits per heavy atom. The normalized spacial score (nSPS) is 14.7. The maximum atomic E-state index is 12.5. The smallest absolute Gasteiger partial charge is 0.326 e. The van der Waals surface area contributed by atoms with Crippen LogP contribution in [-0.4, -0.2) is 88.1 Å². The predicted molar refractivity (Wildman–Crippen MR) is 108 cm³/mol. The van der Waals surface area contributed by atoms with Crippen molar-refractivity contribution in [3.63, 3.8) is 0 Å². The predicted octanol–water partition coefficient (Wildman–Crippen LogP) is -3.62. The minimum absolute atomic E-state index is 0.0948. The number of aliphatic carboxylic acids is 2. The van der Waals surface area contributed by atoms with E-state index < -0.39 is 66.9 Å². The number of hydrogen-bond acceptors (Lipinski definition) is 9. The third-order valence-corrected chi connectivity index (χ3v) is 4.29. The Kier molecular flexibility index (Phi) is 13.4. The van der Waals surface area contributed by atoms with Crippen molar-refractivity contribution >= 4 is 42.3 Å². The second-order valence-corrected chi connectivity index (χ2v) is 6.74. The van der Waals surface area contributed by atoms with Crippen molar-refractivity contribution in [2.45, 2.75) is 49.9 Å². The third kappa shape index (κ3) is 10.4. The van der Waals surface area contributed by atoms with Crippen molar-refractivity contribution in [1.29, 1.82) is 0 Å². The SMILES string of the molecule is NCCCCC(NC(=O)C(CS)NC(=O)C(N)CO)C(=O)NC(CC(=O)O)C(=O)O. The number of amides is 3. The standard InChI is InChI=1S/C16H29N5O8S/c17-4-2-1-3-9(14(26)20-10(16(28)29)5-12(23)24)19-15(27)11(7-30)21-13(25)8(18)6-22/h8-11,22,30H,1-7,17-18H2,(H,19,27)(H,20,26)(H,21,25)(H,23,24)(H,28,29). The average Bonchev–Trinajstić information content (AvgIpc) is 2.69. The molecule has 4 unspecified atom stereocenters. The van der Waals surface area contributed by atoms with Gasteiger partial charge in [-0.1, -0.05) is 0 Å². The first kappa shape index (κ1) is 27.6. The molecule has 0 spiro atoms. The molecule has 0 aromatic carbocycles. The monoisotopic (exact) mass is 451 g/mol. The quantitative estimate of drug-likeness (QED) is 0.0875. The highest BCUT2D eigenvalue weighted by Crippen LogP contribution is 2.04. The molecular weight excluding hydrogens is 422 g/mol. The van der Waals surface area contributed by atoms with Gasteiger partial charge < -0.3 is 42.7 Å². The Morgan fingerprint density at radius 1 is 0.867 bits per heavy atom. The zero-order chi connectivity index (χ0) is 23.3. The minimum atomic E-state index is -1.69. The second kappa shape index (κ2) is 14.5. The van der Waals surface area contributed by atoms with Crippen LogP contribution in [0.25, 0.3) is 0 Å². The number of hydrogen-bond donors (Lipinski definition) is 9.